The van der Waals surface area contributed by atoms with Crippen molar-refractivity contribution in [2.45, 2.75) is 25.8 Å². The molecule has 2 heterocycles. The molecule has 0 bridgehead atoms. The SMILES string of the molecule is Cc1c(N)cnc(N2CCCC2CO)c1Br. The molecule has 0 saturated carbocycles. The molecule has 1 unspecified atom stereocenters. The quantitative estimate of drug-likeness (QED) is 0.868. The molecule has 1 aliphatic heterocycles. The van der Waals surface area contributed by atoms with Crippen LogP contribution >= 0.6 is 15.9 Å². The Balaban J connectivity index is 2.37. The molecular weight excluding hydrogens is 270 g/mol. The summed E-state index contributed by atoms with van der Waals surface area (Å²) in [5.74, 6) is 0.892. The smallest absolute Gasteiger partial charge is 0.143 e. The first kappa shape index (κ1) is 11.7. The minimum absolute atomic E-state index is 0.178. The molecule has 1 fully saturated rings. The van der Waals surface area contributed by atoms with Crippen LogP contribution < -0.4 is 10.6 Å². The molecule has 0 aliphatic carbocycles. The summed E-state index contributed by atoms with van der Waals surface area (Å²) < 4.78 is 0.938. The summed E-state index contributed by atoms with van der Waals surface area (Å²) in [5.41, 5.74) is 7.49. The first-order valence-corrected chi connectivity index (χ1v) is 6.22. The van der Waals surface area contributed by atoms with Crippen LogP contribution in [0.5, 0.6) is 0 Å². The van der Waals surface area contributed by atoms with Crippen molar-refractivity contribution >= 4 is 27.4 Å². The lowest BCUT2D eigenvalue weighted by Gasteiger charge is -2.25. The van der Waals surface area contributed by atoms with Gasteiger partial charge in [0.15, 0.2) is 0 Å². The topological polar surface area (TPSA) is 62.4 Å². The monoisotopic (exact) mass is 285 g/mol. The van der Waals surface area contributed by atoms with Gasteiger partial charge in [-0.25, -0.2) is 4.98 Å². The summed E-state index contributed by atoms with van der Waals surface area (Å²) in [6, 6.07) is 0.187. The van der Waals surface area contributed by atoms with E-state index in [1.54, 1.807) is 6.20 Å². The maximum absolute atomic E-state index is 9.30. The van der Waals surface area contributed by atoms with Crippen LogP contribution in [0.2, 0.25) is 0 Å². The molecule has 1 aliphatic rings. The molecule has 5 heteroatoms. The largest absolute Gasteiger partial charge is 0.397 e. The molecule has 3 N–H and O–H groups in total. The summed E-state index contributed by atoms with van der Waals surface area (Å²) in [7, 11) is 0. The molecule has 0 amide bonds. The van der Waals surface area contributed by atoms with Crippen LogP contribution in [0.3, 0.4) is 0 Å². The van der Waals surface area contributed by atoms with Gasteiger partial charge in [0.25, 0.3) is 0 Å². The van der Waals surface area contributed by atoms with Crippen LogP contribution in [0.1, 0.15) is 18.4 Å². The average Bonchev–Trinajstić information content (AvgIpc) is 2.74. The summed E-state index contributed by atoms with van der Waals surface area (Å²) in [4.78, 5) is 6.51. The van der Waals surface area contributed by atoms with Gasteiger partial charge >= 0.3 is 0 Å². The minimum atomic E-state index is 0.178. The normalized spacial score (nSPS) is 20.4. The van der Waals surface area contributed by atoms with E-state index in [-0.39, 0.29) is 12.6 Å². The van der Waals surface area contributed by atoms with Gasteiger partial charge in [0.2, 0.25) is 0 Å². The Morgan fingerprint density at radius 2 is 2.44 bits per heavy atom. The molecule has 0 spiro atoms. The molecule has 4 nitrogen and oxygen atoms in total. The Morgan fingerprint density at radius 3 is 3.12 bits per heavy atom. The number of aromatic nitrogens is 1. The number of halogens is 1. The van der Waals surface area contributed by atoms with E-state index in [1.807, 2.05) is 6.92 Å². The fraction of sp³-hybridized carbons (Fsp3) is 0.545. The number of nitrogen functional groups attached to an aromatic ring is 1. The van der Waals surface area contributed by atoms with Gasteiger partial charge in [0.1, 0.15) is 5.82 Å². The molecule has 88 valence electrons. The number of pyridine rings is 1. The highest BCUT2D eigenvalue weighted by Gasteiger charge is 2.27. The third-order valence-electron chi connectivity index (χ3n) is 3.14. The van der Waals surface area contributed by atoms with Crippen LogP contribution in [0.15, 0.2) is 10.7 Å². The zero-order valence-electron chi connectivity index (χ0n) is 9.28. The van der Waals surface area contributed by atoms with Crippen molar-refractivity contribution in [3.8, 4) is 0 Å². The van der Waals surface area contributed by atoms with Gasteiger partial charge in [0, 0.05) is 6.54 Å². The maximum atomic E-state index is 9.30. The van der Waals surface area contributed by atoms with E-state index in [9.17, 15) is 5.11 Å². The van der Waals surface area contributed by atoms with E-state index in [1.165, 1.54) is 0 Å². The van der Waals surface area contributed by atoms with Crippen molar-refractivity contribution in [3.63, 3.8) is 0 Å². The predicted octanol–water partition coefficient (Wildman–Crippen LogP) is 1.70. The Morgan fingerprint density at radius 1 is 1.69 bits per heavy atom. The first-order chi connectivity index (χ1) is 7.65. The number of hydrogen-bond donors (Lipinski definition) is 2. The van der Waals surface area contributed by atoms with Crippen molar-refractivity contribution in [2.24, 2.45) is 0 Å². The number of aliphatic hydroxyl groups excluding tert-OH is 1. The van der Waals surface area contributed by atoms with Crippen LogP contribution in [-0.4, -0.2) is 29.3 Å². The first-order valence-electron chi connectivity index (χ1n) is 5.43. The molecule has 1 aromatic heterocycles. The molecular formula is C11H16BrN3O. The number of nitrogens with two attached hydrogens (primary N) is 1. The summed E-state index contributed by atoms with van der Waals surface area (Å²) in [6.07, 6.45) is 3.80. The molecule has 0 aromatic carbocycles. The third-order valence-corrected chi connectivity index (χ3v) is 4.09. The van der Waals surface area contributed by atoms with Gasteiger partial charge in [-0.15, -0.1) is 0 Å². The highest BCUT2D eigenvalue weighted by atomic mass is 79.9. The molecule has 1 saturated heterocycles. The minimum Gasteiger partial charge on any atom is -0.397 e. The summed E-state index contributed by atoms with van der Waals surface area (Å²) >= 11 is 3.53. The van der Waals surface area contributed by atoms with Crippen molar-refractivity contribution in [1.82, 2.24) is 4.98 Å². The van der Waals surface area contributed by atoms with Gasteiger partial charge in [-0.2, -0.15) is 0 Å². The fourth-order valence-corrected chi connectivity index (χ4v) is 2.64. The van der Waals surface area contributed by atoms with Crippen LogP contribution in [-0.2, 0) is 0 Å². The summed E-state index contributed by atoms with van der Waals surface area (Å²) in [6.45, 7) is 3.09. The third kappa shape index (κ3) is 1.89. The molecule has 16 heavy (non-hydrogen) atoms. The van der Waals surface area contributed by atoms with Gasteiger partial charge in [-0.05, 0) is 41.3 Å². The van der Waals surface area contributed by atoms with Crippen LogP contribution in [0, 0.1) is 6.92 Å². The number of rotatable bonds is 2. The van der Waals surface area contributed by atoms with Gasteiger partial charge in [0.05, 0.1) is 29.0 Å². The average molecular weight is 286 g/mol. The van der Waals surface area contributed by atoms with Crippen molar-refractivity contribution in [2.75, 3.05) is 23.8 Å². The van der Waals surface area contributed by atoms with E-state index in [0.29, 0.717) is 5.69 Å². The fourth-order valence-electron chi connectivity index (χ4n) is 2.08. The maximum Gasteiger partial charge on any atom is 0.143 e. The zero-order valence-corrected chi connectivity index (χ0v) is 10.9. The Bertz CT molecular complexity index is 397. The Labute approximate surface area is 104 Å². The van der Waals surface area contributed by atoms with Crippen molar-refractivity contribution < 1.29 is 5.11 Å². The second-order valence-corrected chi connectivity index (χ2v) is 4.94. The lowest BCUT2D eigenvalue weighted by Crippen LogP contribution is -2.33. The second-order valence-electron chi connectivity index (χ2n) is 4.15. The number of aliphatic hydroxyl groups is 1. The Hall–Kier alpha value is -0.810. The van der Waals surface area contributed by atoms with Crippen molar-refractivity contribution in [1.29, 1.82) is 0 Å². The van der Waals surface area contributed by atoms with Gasteiger partial charge < -0.3 is 15.7 Å². The number of nitrogens with zero attached hydrogens (tertiary/aromatic N) is 2. The molecule has 1 aromatic rings. The van der Waals surface area contributed by atoms with E-state index >= 15 is 0 Å². The van der Waals surface area contributed by atoms with Crippen LogP contribution in [0.4, 0.5) is 11.5 Å². The van der Waals surface area contributed by atoms with Gasteiger partial charge in [-0.1, -0.05) is 0 Å². The zero-order chi connectivity index (χ0) is 11.7. The Kier molecular flexibility index (Phi) is 3.35. The highest BCUT2D eigenvalue weighted by Crippen LogP contribution is 2.34. The molecule has 2 rings (SSSR count). The number of hydrogen-bond acceptors (Lipinski definition) is 4. The second kappa shape index (κ2) is 4.59. The van der Waals surface area contributed by atoms with Crippen LogP contribution in [0.25, 0.3) is 0 Å². The van der Waals surface area contributed by atoms with E-state index in [2.05, 4.69) is 25.8 Å². The molecule has 0 radical (unpaired) electrons. The lowest BCUT2D eigenvalue weighted by atomic mass is 10.2. The van der Waals surface area contributed by atoms with E-state index in [4.69, 9.17) is 5.73 Å². The van der Waals surface area contributed by atoms with Gasteiger partial charge in [-0.3, -0.25) is 0 Å². The standard InChI is InChI=1S/C11H16BrN3O/c1-7-9(13)5-14-11(10(7)12)15-4-2-3-8(15)6-16/h5,8,16H,2-4,6,13H2,1H3. The summed E-state index contributed by atoms with van der Waals surface area (Å²) in [5, 5.41) is 9.30. The van der Waals surface area contributed by atoms with E-state index < -0.39 is 0 Å². The lowest BCUT2D eigenvalue weighted by molar-refractivity contribution is 0.266. The molecule has 1 atom stereocenters. The number of anilines is 2. The highest BCUT2D eigenvalue weighted by molar-refractivity contribution is 9.10. The van der Waals surface area contributed by atoms with Crippen molar-refractivity contribution in [3.05, 3.63) is 16.2 Å². The van der Waals surface area contributed by atoms with E-state index in [0.717, 1.165) is 35.2 Å². The predicted molar refractivity (Wildman–Crippen MR) is 68.5 cm³/mol.